The minimum absolute atomic E-state index is 0.00631. The molecule has 7 nitrogen and oxygen atoms in total. The number of carbonyl (C=O) groups is 2. The van der Waals surface area contributed by atoms with Crippen molar-refractivity contribution in [1.29, 1.82) is 0 Å². The summed E-state index contributed by atoms with van der Waals surface area (Å²) < 4.78 is 29.1. The van der Waals surface area contributed by atoms with Crippen LogP contribution in [0.2, 0.25) is 10.0 Å². The third kappa shape index (κ3) is 7.31. The number of nitrogens with zero attached hydrogens (tertiary/aromatic N) is 2. The van der Waals surface area contributed by atoms with E-state index in [9.17, 15) is 18.0 Å². The molecule has 0 bridgehead atoms. The van der Waals surface area contributed by atoms with E-state index < -0.39 is 28.5 Å². The van der Waals surface area contributed by atoms with Gasteiger partial charge in [-0.1, -0.05) is 96.0 Å². The molecule has 0 radical (unpaired) electrons. The number of rotatable bonds is 11. The lowest BCUT2D eigenvalue weighted by atomic mass is 10.0. The molecule has 218 valence electrons. The Morgan fingerprint density at radius 3 is 2.05 bits per heavy atom. The Morgan fingerprint density at radius 1 is 0.810 bits per heavy atom. The second-order valence-electron chi connectivity index (χ2n) is 9.70. The predicted molar refractivity (Wildman–Crippen MR) is 167 cm³/mol. The number of carbonyl (C=O) groups excluding carboxylic acids is 2. The molecule has 0 heterocycles. The summed E-state index contributed by atoms with van der Waals surface area (Å²) in [5.74, 6) is -0.950. The van der Waals surface area contributed by atoms with Crippen LogP contribution in [0.1, 0.15) is 16.7 Å². The van der Waals surface area contributed by atoms with Crippen LogP contribution in [-0.2, 0) is 32.6 Å². The lowest BCUT2D eigenvalue weighted by molar-refractivity contribution is -0.139. The van der Waals surface area contributed by atoms with Gasteiger partial charge in [0.1, 0.15) is 12.6 Å². The Labute approximate surface area is 256 Å². The van der Waals surface area contributed by atoms with Crippen molar-refractivity contribution in [3.8, 4) is 0 Å². The van der Waals surface area contributed by atoms with Crippen LogP contribution in [0.3, 0.4) is 0 Å². The van der Waals surface area contributed by atoms with Crippen molar-refractivity contribution in [3.05, 3.63) is 130 Å². The van der Waals surface area contributed by atoms with Gasteiger partial charge in [0.25, 0.3) is 10.0 Å². The zero-order valence-corrected chi connectivity index (χ0v) is 25.5. The Morgan fingerprint density at radius 2 is 1.43 bits per heavy atom. The molecule has 42 heavy (non-hydrogen) atoms. The van der Waals surface area contributed by atoms with Crippen molar-refractivity contribution in [2.75, 3.05) is 17.9 Å². The normalized spacial score (nSPS) is 11.9. The first-order valence-electron chi connectivity index (χ1n) is 13.2. The Hall–Kier alpha value is -3.85. The van der Waals surface area contributed by atoms with Gasteiger partial charge in [-0.15, -0.1) is 0 Å². The van der Waals surface area contributed by atoms with E-state index in [1.807, 2.05) is 30.3 Å². The van der Waals surface area contributed by atoms with Gasteiger partial charge in [-0.25, -0.2) is 8.42 Å². The van der Waals surface area contributed by atoms with Crippen molar-refractivity contribution in [3.63, 3.8) is 0 Å². The lowest BCUT2D eigenvalue weighted by Crippen LogP contribution is -2.53. The minimum atomic E-state index is -4.15. The van der Waals surface area contributed by atoms with E-state index in [0.717, 1.165) is 9.87 Å². The van der Waals surface area contributed by atoms with E-state index in [2.05, 4.69) is 5.32 Å². The van der Waals surface area contributed by atoms with Gasteiger partial charge >= 0.3 is 0 Å². The van der Waals surface area contributed by atoms with Gasteiger partial charge in [0, 0.05) is 20.0 Å². The summed E-state index contributed by atoms with van der Waals surface area (Å²) in [4.78, 5) is 29.1. The third-order valence-electron chi connectivity index (χ3n) is 6.85. The number of benzene rings is 4. The van der Waals surface area contributed by atoms with Crippen LogP contribution in [0.15, 0.2) is 108 Å². The molecule has 0 spiro atoms. The zero-order chi connectivity index (χ0) is 30.3. The molecule has 0 aromatic heterocycles. The summed E-state index contributed by atoms with van der Waals surface area (Å²) in [7, 11) is -2.65. The molecule has 0 unspecified atom stereocenters. The van der Waals surface area contributed by atoms with Gasteiger partial charge in [0.15, 0.2) is 0 Å². The Balaban J connectivity index is 1.80. The number of aryl methyl sites for hydroxylation is 1. The van der Waals surface area contributed by atoms with Crippen molar-refractivity contribution < 1.29 is 18.0 Å². The quantitative estimate of drug-likeness (QED) is 0.226. The van der Waals surface area contributed by atoms with Gasteiger partial charge in [0.05, 0.1) is 20.6 Å². The number of sulfonamides is 1. The first-order valence-corrected chi connectivity index (χ1v) is 15.4. The molecule has 1 atom stereocenters. The Bertz CT molecular complexity index is 1650. The monoisotopic (exact) mass is 623 g/mol. The van der Waals surface area contributed by atoms with Crippen molar-refractivity contribution in [2.45, 2.75) is 30.8 Å². The molecule has 0 aliphatic rings. The molecule has 4 aromatic carbocycles. The number of amides is 2. The number of para-hydroxylation sites is 1. The molecule has 0 aliphatic heterocycles. The third-order valence-corrected chi connectivity index (χ3v) is 9.36. The molecule has 0 aliphatic carbocycles. The number of hydrogen-bond donors (Lipinski definition) is 1. The highest BCUT2D eigenvalue weighted by atomic mass is 35.5. The van der Waals surface area contributed by atoms with Crippen LogP contribution in [-0.4, -0.2) is 44.8 Å². The van der Waals surface area contributed by atoms with Crippen LogP contribution < -0.4 is 9.62 Å². The largest absolute Gasteiger partial charge is 0.357 e. The number of anilines is 1. The molecule has 4 aromatic rings. The second-order valence-corrected chi connectivity index (χ2v) is 12.4. The van der Waals surface area contributed by atoms with Gasteiger partial charge in [-0.05, 0) is 53.9 Å². The predicted octanol–water partition coefficient (Wildman–Crippen LogP) is 5.88. The molecule has 0 fully saturated rings. The second kappa shape index (κ2) is 13.9. The van der Waals surface area contributed by atoms with E-state index in [1.165, 1.54) is 24.1 Å². The summed E-state index contributed by atoms with van der Waals surface area (Å²) in [6.45, 7) is 1.24. The van der Waals surface area contributed by atoms with E-state index in [1.54, 1.807) is 67.6 Å². The van der Waals surface area contributed by atoms with Crippen LogP contribution in [0.25, 0.3) is 0 Å². The maximum Gasteiger partial charge on any atom is 0.264 e. The zero-order valence-electron chi connectivity index (χ0n) is 23.2. The highest BCUT2D eigenvalue weighted by Gasteiger charge is 2.34. The maximum atomic E-state index is 14.3. The molecule has 4 rings (SSSR count). The first kappa shape index (κ1) is 31.1. The summed E-state index contributed by atoms with van der Waals surface area (Å²) in [5.41, 5.74) is 2.51. The van der Waals surface area contributed by atoms with Crippen molar-refractivity contribution in [2.24, 2.45) is 0 Å². The highest BCUT2D eigenvalue weighted by molar-refractivity contribution is 7.92. The molecule has 1 N–H and O–H groups in total. The number of nitrogens with one attached hydrogen (secondary N) is 1. The highest BCUT2D eigenvalue weighted by Crippen LogP contribution is 2.28. The fraction of sp³-hybridized carbons (Fsp3) is 0.188. The summed E-state index contributed by atoms with van der Waals surface area (Å²) >= 11 is 12.4. The molecule has 0 saturated heterocycles. The van der Waals surface area contributed by atoms with E-state index >= 15 is 0 Å². The minimum Gasteiger partial charge on any atom is -0.357 e. The SMILES string of the molecule is CNC(=O)[C@@H](Cc1ccccc1)N(Cc1ccc(Cl)c(Cl)c1)C(=O)CN(c1ccccc1C)S(=O)(=O)c1ccccc1. The maximum absolute atomic E-state index is 14.3. The van der Waals surface area contributed by atoms with Gasteiger partial charge in [-0.2, -0.15) is 0 Å². The fourth-order valence-corrected chi connectivity index (χ4v) is 6.45. The van der Waals surface area contributed by atoms with Crippen molar-refractivity contribution >= 4 is 50.7 Å². The molecule has 0 saturated carbocycles. The summed E-state index contributed by atoms with van der Waals surface area (Å²) in [5, 5.41) is 3.32. The summed E-state index contributed by atoms with van der Waals surface area (Å²) in [6.07, 6.45) is 0.212. The first-order chi connectivity index (χ1) is 20.1. The van der Waals surface area contributed by atoms with Crippen LogP contribution in [0, 0.1) is 6.92 Å². The standard InChI is InChI=1S/C32H31Cl2N3O4S/c1-23-11-9-10-16-29(23)37(42(40,41)26-14-7-4-8-15-26)22-31(38)36(21-25-17-18-27(33)28(34)19-25)30(32(39)35-2)20-24-12-5-3-6-13-24/h3-19,30H,20-22H2,1-2H3,(H,35,39)/t30-/m1/s1. The smallest absolute Gasteiger partial charge is 0.264 e. The summed E-state index contributed by atoms with van der Waals surface area (Å²) in [6, 6.07) is 28.3. The van der Waals surface area contributed by atoms with Gasteiger partial charge in [0.2, 0.25) is 11.8 Å². The number of hydrogen-bond acceptors (Lipinski definition) is 4. The average molecular weight is 625 g/mol. The van der Waals surface area contributed by atoms with Gasteiger partial charge in [-0.3, -0.25) is 13.9 Å². The molecule has 10 heteroatoms. The lowest BCUT2D eigenvalue weighted by Gasteiger charge is -2.34. The van der Waals surface area contributed by atoms with Crippen molar-refractivity contribution in [1.82, 2.24) is 10.2 Å². The number of likely N-dealkylation sites (N-methyl/N-ethyl adjacent to an activating group) is 1. The Kier molecular flexibility index (Phi) is 10.3. The van der Waals surface area contributed by atoms with Crippen LogP contribution in [0.4, 0.5) is 5.69 Å². The molecular weight excluding hydrogens is 593 g/mol. The van der Waals surface area contributed by atoms with E-state index in [4.69, 9.17) is 23.2 Å². The molecule has 2 amide bonds. The molecular formula is C32H31Cl2N3O4S. The van der Waals surface area contributed by atoms with E-state index in [0.29, 0.717) is 26.9 Å². The van der Waals surface area contributed by atoms with E-state index in [-0.39, 0.29) is 23.8 Å². The van der Waals surface area contributed by atoms with Gasteiger partial charge < -0.3 is 10.2 Å². The van der Waals surface area contributed by atoms with Crippen LogP contribution in [0.5, 0.6) is 0 Å². The fourth-order valence-electron chi connectivity index (χ4n) is 4.63. The van der Waals surface area contributed by atoms with Crippen LogP contribution >= 0.6 is 23.2 Å². The average Bonchev–Trinajstić information content (AvgIpc) is 3.00. The topological polar surface area (TPSA) is 86.8 Å². The number of halogens is 2.